The molecule has 0 radical (unpaired) electrons. The van der Waals surface area contributed by atoms with E-state index in [1.54, 1.807) is 18.2 Å². The summed E-state index contributed by atoms with van der Waals surface area (Å²) in [6.45, 7) is 0.676. The SMILES string of the molecule is O=C(COc1ccc(S(=O)(=O)N2CCCCC2)cc1Cl)Nc1cccc(Cl)c1Cl. The summed E-state index contributed by atoms with van der Waals surface area (Å²) in [5, 5.41) is 3.25. The number of hydrogen-bond acceptors (Lipinski definition) is 4. The van der Waals surface area contributed by atoms with Crippen LogP contribution < -0.4 is 10.1 Å². The fourth-order valence-corrected chi connectivity index (χ4v) is 5.13. The Kier molecular flexibility index (Phi) is 7.29. The fraction of sp³-hybridized carbons (Fsp3) is 0.316. The van der Waals surface area contributed by atoms with Gasteiger partial charge in [-0.3, -0.25) is 4.79 Å². The van der Waals surface area contributed by atoms with Crippen LogP contribution in [0.25, 0.3) is 0 Å². The Bertz CT molecular complexity index is 1010. The minimum Gasteiger partial charge on any atom is -0.482 e. The van der Waals surface area contributed by atoms with Crippen LogP contribution in [0.3, 0.4) is 0 Å². The minimum absolute atomic E-state index is 0.104. The molecule has 1 aliphatic rings. The van der Waals surface area contributed by atoms with Crippen LogP contribution in [-0.4, -0.2) is 38.3 Å². The molecule has 1 N–H and O–H groups in total. The lowest BCUT2D eigenvalue weighted by molar-refractivity contribution is -0.118. The fourth-order valence-electron chi connectivity index (χ4n) is 2.94. The Hall–Kier alpha value is -1.51. The van der Waals surface area contributed by atoms with Crippen LogP contribution in [-0.2, 0) is 14.8 Å². The monoisotopic (exact) mass is 476 g/mol. The van der Waals surface area contributed by atoms with Crippen molar-refractivity contribution in [3.8, 4) is 5.75 Å². The van der Waals surface area contributed by atoms with Crippen molar-refractivity contribution in [2.45, 2.75) is 24.2 Å². The number of ether oxygens (including phenoxy) is 1. The molecule has 29 heavy (non-hydrogen) atoms. The lowest BCUT2D eigenvalue weighted by Gasteiger charge is -2.26. The van der Waals surface area contributed by atoms with Crippen LogP contribution in [0.4, 0.5) is 5.69 Å². The molecule has 0 unspecified atom stereocenters. The molecule has 0 atom stereocenters. The molecule has 1 aliphatic heterocycles. The normalized spacial score (nSPS) is 15.1. The molecule has 156 valence electrons. The summed E-state index contributed by atoms with van der Waals surface area (Å²) in [6.07, 6.45) is 2.72. The van der Waals surface area contributed by atoms with Crippen LogP contribution in [0.5, 0.6) is 5.75 Å². The van der Waals surface area contributed by atoms with Gasteiger partial charge in [0.15, 0.2) is 6.61 Å². The van der Waals surface area contributed by atoms with Crippen molar-refractivity contribution in [3.63, 3.8) is 0 Å². The van der Waals surface area contributed by atoms with E-state index in [2.05, 4.69) is 5.32 Å². The maximum absolute atomic E-state index is 12.7. The number of piperidine rings is 1. The zero-order valence-corrected chi connectivity index (χ0v) is 18.4. The van der Waals surface area contributed by atoms with Gasteiger partial charge in [-0.1, -0.05) is 47.3 Å². The average Bonchev–Trinajstić information content (AvgIpc) is 2.71. The standard InChI is InChI=1S/C19H19Cl3N2O4S/c20-14-5-4-6-16(19(14)22)23-18(25)12-28-17-8-7-13(11-15(17)21)29(26,27)24-9-2-1-3-10-24/h4-8,11H,1-3,9-10,12H2,(H,23,25). The van der Waals surface area contributed by atoms with E-state index in [1.165, 1.54) is 22.5 Å². The molecule has 1 heterocycles. The number of hydrogen-bond donors (Lipinski definition) is 1. The van der Waals surface area contributed by atoms with E-state index < -0.39 is 15.9 Å². The first kappa shape index (κ1) is 22.2. The van der Waals surface area contributed by atoms with Crippen molar-refractivity contribution in [2.24, 2.45) is 0 Å². The molecular formula is C19H19Cl3N2O4S. The molecule has 0 bridgehead atoms. The molecule has 0 aromatic heterocycles. The zero-order chi connectivity index (χ0) is 21.0. The van der Waals surface area contributed by atoms with Gasteiger partial charge < -0.3 is 10.1 Å². The quantitative estimate of drug-likeness (QED) is 0.646. The number of sulfonamides is 1. The van der Waals surface area contributed by atoms with Crippen molar-refractivity contribution < 1.29 is 17.9 Å². The highest BCUT2D eigenvalue weighted by Gasteiger charge is 2.26. The zero-order valence-electron chi connectivity index (χ0n) is 15.3. The molecule has 0 spiro atoms. The van der Waals surface area contributed by atoms with Gasteiger partial charge in [-0.2, -0.15) is 4.31 Å². The van der Waals surface area contributed by atoms with Gasteiger partial charge in [0.2, 0.25) is 10.0 Å². The summed E-state index contributed by atoms with van der Waals surface area (Å²) in [7, 11) is -3.60. The first-order valence-corrected chi connectivity index (χ1v) is 11.5. The Labute approximate surface area is 184 Å². The van der Waals surface area contributed by atoms with Gasteiger partial charge >= 0.3 is 0 Å². The molecule has 0 aliphatic carbocycles. The molecule has 1 amide bonds. The summed E-state index contributed by atoms with van der Waals surface area (Å²) < 4.78 is 32.3. The maximum Gasteiger partial charge on any atom is 0.262 e. The summed E-state index contributed by atoms with van der Waals surface area (Å²) in [5.74, 6) is -0.258. The number of nitrogens with zero attached hydrogens (tertiary/aromatic N) is 1. The second-order valence-corrected chi connectivity index (χ2v) is 9.63. The van der Waals surface area contributed by atoms with Gasteiger partial charge in [0, 0.05) is 13.1 Å². The molecule has 0 saturated carbocycles. The predicted molar refractivity (Wildman–Crippen MR) is 115 cm³/mol. The van der Waals surface area contributed by atoms with Crippen molar-refractivity contribution in [1.29, 1.82) is 0 Å². The molecule has 3 rings (SSSR count). The minimum atomic E-state index is -3.60. The van der Waals surface area contributed by atoms with E-state index >= 15 is 0 Å². The highest BCUT2D eigenvalue weighted by Crippen LogP contribution is 2.31. The van der Waals surface area contributed by atoms with Crippen LogP contribution in [0.15, 0.2) is 41.3 Å². The third-order valence-corrected chi connectivity index (χ3v) is 7.45. The third kappa shape index (κ3) is 5.35. The van der Waals surface area contributed by atoms with E-state index in [0.29, 0.717) is 23.8 Å². The molecule has 1 saturated heterocycles. The van der Waals surface area contributed by atoms with Crippen molar-refractivity contribution >= 4 is 56.4 Å². The van der Waals surface area contributed by atoms with Gasteiger partial charge in [-0.25, -0.2) is 8.42 Å². The Balaban J connectivity index is 1.65. The molecule has 1 fully saturated rings. The van der Waals surface area contributed by atoms with Gasteiger partial charge in [0.05, 0.1) is 25.7 Å². The van der Waals surface area contributed by atoms with Crippen LogP contribution >= 0.6 is 34.8 Å². The molecule has 6 nitrogen and oxygen atoms in total. The van der Waals surface area contributed by atoms with Crippen molar-refractivity contribution in [1.82, 2.24) is 4.31 Å². The van der Waals surface area contributed by atoms with Crippen LogP contribution in [0.1, 0.15) is 19.3 Å². The number of benzene rings is 2. The Morgan fingerprint density at radius 2 is 1.76 bits per heavy atom. The van der Waals surface area contributed by atoms with Gasteiger partial charge in [0.25, 0.3) is 5.91 Å². The largest absolute Gasteiger partial charge is 0.482 e. The Morgan fingerprint density at radius 3 is 2.45 bits per heavy atom. The van der Waals surface area contributed by atoms with E-state index in [9.17, 15) is 13.2 Å². The lowest BCUT2D eigenvalue weighted by atomic mass is 10.2. The first-order valence-electron chi connectivity index (χ1n) is 8.95. The number of carbonyl (C=O) groups excluding carboxylic acids is 1. The summed E-state index contributed by atoms with van der Waals surface area (Å²) >= 11 is 18.1. The second kappa shape index (κ2) is 9.53. The van der Waals surface area contributed by atoms with Crippen LogP contribution in [0, 0.1) is 0 Å². The lowest BCUT2D eigenvalue weighted by Crippen LogP contribution is -2.35. The Morgan fingerprint density at radius 1 is 1.03 bits per heavy atom. The number of rotatable bonds is 6. The van der Waals surface area contributed by atoms with Crippen molar-refractivity contribution in [3.05, 3.63) is 51.5 Å². The molecule has 2 aromatic rings. The van der Waals surface area contributed by atoms with E-state index in [0.717, 1.165) is 19.3 Å². The number of nitrogens with one attached hydrogen (secondary N) is 1. The summed E-state index contributed by atoms with van der Waals surface area (Å²) in [6, 6.07) is 9.08. The smallest absolute Gasteiger partial charge is 0.262 e. The first-order chi connectivity index (χ1) is 13.8. The van der Waals surface area contributed by atoms with E-state index in [4.69, 9.17) is 39.5 Å². The van der Waals surface area contributed by atoms with Crippen molar-refractivity contribution in [2.75, 3.05) is 25.0 Å². The highest BCUT2D eigenvalue weighted by molar-refractivity contribution is 7.89. The number of halogens is 3. The highest BCUT2D eigenvalue weighted by atomic mass is 35.5. The van der Waals surface area contributed by atoms with Gasteiger partial charge in [-0.05, 0) is 43.2 Å². The number of anilines is 1. The number of carbonyl (C=O) groups is 1. The van der Waals surface area contributed by atoms with Gasteiger partial charge in [-0.15, -0.1) is 0 Å². The topological polar surface area (TPSA) is 75.7 Å². The molecule has 10 heteroatoms. The van der Waals surface area contributed by atoms with E-state index in [1.807, 2.05) is 0 Å². The third-order valence-electron chi connectivity index (χ3n) is 4.44. The maximum atomic E-state index is 12.7. The summed E-state index contributed by atoms with van der Waals surface area (Å²) in [4.78, 5) is 12.2. The second-order valence-electron chi connectivity index (χ2n) is 6.50. The van der Waals surface area contributed by atoms with E-state index in [-0.39, 0.29) is 27.3 Å². The molecular weight excluding hydrogens is 459 g/mol. The van der Waals surface area contributed by atoms with Crippen LogP contribution in [0.2, 0.25) is 15.1 Å². The van der Waals surface area contributed by atoms with Gasteiger partial charge in [0.1, 0.15) is 5.75 Å². The predicted octanol–water partition coefficient (Wildman–Crippen LogP) is 4.84. The average molecular weight is 478 g/mol. The number of amides is 1. The molecule has 2 aromatic carbocycles. The summed E-state index contributed by atoms with van der Waals surface area (Å²) in [5.41, 5.74) is 0.363.